The van der Waals surface area contributed by atoms with E-state index in [4.69, 9.17) is 0 Å². The van der Waals surface area contributed by atoms with Gasteiger partial charge in [-0.3, -0.25) is 0 Å². The molecule has 1 aromatic heterocycles. The van der Waals surface area contributed by atoms with Crippen molar-refractivity contribution >= 4 is 16.7 Å². The summed E-state index contributed by atoms with van der Waals surface area (Å²) < 4.78 is 0. The van der Waals surface area contributed by atoms with E-state index in [9.17, 15) is 0 Å². The molecule has 1 N–H and O–H groups in total. The Balaban J connectivity index is 1.86. The Morgan fingerprint density at radius 2 is 2.20 bits per heavy atom. The van der Waals surface area contributed by atoms with E-state index < -0.39 is 0 Å². The summed E-state index contributed by atoms with van der Waals surface area (Å²) in [6.45, 7) is 6.55. The van der Waals surface area contributed by atoms with Gasteiger partial charge in [0.1, 0.15) is 12.1 Å². The molecule has 0 radical (unpaired) electrons. The van der Waals surface area contributed by atoms with Gasteiger partial charge in [-0.2, -0.15) is 0 Å². The summed E-state index contributed by atoms with van der Waals surface area (Å²) in [7, 11) is 0. The SMILES string of the molecule is CCN(CC1CCCNC1)c1ncnc2ccccc12. The maximum atomic E-state index is 4.54. The molecule has 0 saturated carbocycles. The average molecular weight is 270 g/mol. The normalized spacial score (nSPS) is 19.1. The Morgan fingerprint density at radius 3 is 3.00 bits per heavy atom. The second-order valence-electron chi connectivity index (χ2n) is 5.47. The molecule has 0 bridgehead atoms. The van der Waals surface area contributed by atoms with E-state index in [0.717, 1.165) is 42.3 Å². The van der Waals surface area contributed by atoms with Crippen LogP contribution in [-0.4, -0.2) is 36.1 Å². The first-order valence-corrected chi connectivity index (χ1v) is 7.54. The van der Waals surface area contributed by atoms with Crippen LogP contribution in [0.4, 0.5) is 5.82 Å². The average Bonchev–Trinajstić information content (AvgIpc) is 2.53. The Hall–Kier alpha value is -1.68. The van der Waals surface area contributed by atoms with Crippen molar-refractivity contribution < 1.29 is 0 Å². The molecule has 1 saturated heterocycles. The van der Waals surface area contributed by atoms with E-state index in [0.29, 0.717) is 0 Å². The van der Waals surface area contributed by atoms with Gasteiger partial charge in [-0.15, -0.1) is 0 Å². The minimum atomic E-state index is 0.720. The first-order valence-electron chi connectivity index (χ1n) is 7.54. The van der Waals surface area contributed by atoms with Gasteiger partial charge in [-0.25, -0.2) is 9.97 Å². The molecule has 0 aliphatic carbocycles. The number of anilines is 1. The number of rotatable bonds is 4. The second-order valence-corrected chi connectivity index (χ2v) is 5.47. The number of para-hydroxylation sites is 1. The predicted octanol–water partition coefficient (Wildman–Crippen LogP) is 2.46. The molecule has 20 heavy (non-hydrogen) atoms. The van der Waals surface area contributed by atoms with Crippen molar-refractivity contribution in [1.29, 1.82) is 0 Å². The molecule has 1 aliphatic rings. The van der Waals surface area contributed by atoms with Crippen molar-refractivity contribution in [3.63, 3.8) is 0 Å². The number of nitrogens with zero attached hydrogens (tertiary/aromatic N) is 3. The highest BCUT2D eigenvalue weighted by molar-refractivity contribution is 5.89. The van der Waals surface area contributed by atoms with E-state index >= 15 is 0 Å². The Bertz CT molecular complexity index is 558. The highest BCUT2D eigenvalue weighted by atomic mass is 15.2. The van der Waals surface area contributed by atoms with Gasteiger partial charge in [0, 0.05) is 18.5 Å². The third kappa shape index (κ3) is 2.75. The van der Waals surface area contributed by atoms with Crippen LogP contribution in [0.15, 0.2) is 30.6 Å². The fourth-order valence-corrected chi connectivity index (χ4v) is 3.00. The van der Waals surface area contributed by atoms with E-state index in [-0.39, 0.29) is 0 Å². The lowest BCUT2D eigenvalue weighted by molar-refractivity contribution is 0.377. The van der Waals surface area contributed by atoms with E-state index in [2.05, 4.69) is 45.3 Å². The molecular formula is C16H22N4. The van der Waals surface area contributed by atoms with Gasteiger partial charge in [0.2, 0.25) is 0 Å². The van der Waals surface area contributed by atoms with Crippen molar-refractivity contribution in [3.05, 3.63) is 30.6 Å². The van der Waals surface area contributed by atoms with Crippen LogP contribution >= 0.6 is 0 Å². The van der Waals surface area contributed by atoms with Crippen LogP contribution in [0.3, 0.4) is 0 Å². The van der Waals surface area contributed by atoms with Crippen LogP contribution in [0.1, 0.15) is 19.8 Å². The number of fused-ring (bicyclic) bond motifs is 1. The van der Waals surface area contributed by atoms with Crippen LogP contribution in [0.25, 0.3) is 10.9 Å². The van der Waals surface area contributed by atoms with Crippen molar-refractivity contribution in [2.75, 3.05) is 31.1 Å². The lowest BCUT2D eigenvalue weighted by Crippen LogP contribution is -2.38. The molecule has 4 nitrogen and oxygen atoms in total. The zero-order valence-corrected chi connectivity index (χ0v) is 12.0. The van der Waals surface area contributed by atoms with Gasteiger partial charge in [0.15, 0.2) is 0 Å². The molecule has 0 spiro atoms. The van der Waals surface area contributed by atoms with Crippen molar-refractivity contribution in [2.24, 2.45) is 5.92 Å². The quantitative estimate of drug-likeness (QED) is 0.926. The molecule has 3 rings (SSSR count). The maximum Gasteiger partial charge on any atom is 0.139 e. The molecule has 1 unspecified atom stereocenters. The summed E-state index contributed by atoms with van der Waals surface area (Å²) in [5.74, 6) is 1.79. The minimum Gasteiger partial charge on any atom is -0.356 e. The van der Waals surface area contributed by atoms with Crippen LogP contribution in [0.5, 0.6) is 0 Å². The molecule has 2 aromatic rings. The zero-order chi connectivity index (χ0) is 13.8. The molecule has 1 aromatic carbocycles. The zero-order valence-electron chi connectivity index (χ0n) is 12.0. The molecule has 1 aliphatic heterocycles. The molecule has 2 heterocycles. The number of piperidine rings is 1. The van der Waals surface area contributed by atoms with E-state index in [1.54, 1.807) is 6.33 Å². The largest absolute Gasteiger partial charge is 0.356 e. The predicted molar refractivity (Wildman–Crippen MR) is 83.0 cm³/mol. The van der Waals surface area contributed by atoms with Gasteiger partial charge in [0.25, 0.3) is 0 Å². The first kappa shape index (κ1) is 13.3. The van der Waals surface area contributed by atoms with Gasteiger partial charge in [-0.05, 0) is 50.9 Å². The summed E-state index contributed by atoms with van der Waals surface area (Å²) in [4.78, 5) is 11.3. The molecule has 1 fully saturated rings. The fraction of sp³-hybridized carbons (Fsp3) is 0.500. The van der Waals surface area contributed by atoms with Crippen LogP contribution in [0.2, 0.25) is 0 Å². The minimum absolute atomic E-state index is 0.720. The number of hydrogen-bond donors (Lipinski definition) is 1. The lowest BCUT2D eigenvalue weighted by Gasteiger charge is -2.30. The topological polar surface area (TPSA) is 41.0 Å². The number of nitrogens with one attached hydrogen (secondary N) is 1. The summed E-state index contributed by atoms with van der Waals surface area (Å²) in [6.07, 6.45) is 4.28. The van der Waals surface area contributed by atoms with Gasteiger partial charge < -0.3 is 10.2 Å². The van der Waals surface area contributed by atoms with Crippen LogP contribution < -0.4 is 10.2 Å². The monoisotopic (exact) mass is 270 g/mol. The summed E-state index contributed by atoms with van der Waals surface area (Å²) >= 11 is 0. The van der Waals surface area contributed by atoms with Gasteiger partial charge in [-0.1, -0.05) is 12.1 Å². The molecule has 4 heteroatoms. The van der Waals surface area contributed by atoms with E-state index in [1.165, 1.54) is 19.4 Å². The molecule has 0 amide bonds. The number of benzene rings is 1. The van der Waals surface area contributed by atoms with Crippen molar-refractivity contribution in [2.45, 2.75) is 19.8 Å². The Kier molecular flexibility index (Phi) is 4.11. The third-order valence-electron chi connectivity index (χ3n) is 4.08. The highest BCUT2D eigenvalue weighted by Crippen LogP contribution is 2.24. The van der Waals surface area contributed by atoms with Crippen LogP contribution in [0, 0.1) is 5.92 Å². The number of aromatic nitrogens is 2. The second kappa shape index (κ2) is 6.18. The third-order valence-corrected chi connectivity index (χ3v) is 4.08. The smallest absolute Gasteiger partial charge is 0.139 e. The van der Waals surface area contributed by atoms with Crippen molar-refractivity contribution in [1.82, 2.24) is 15.3 Å². The Labute approximate surface area is 120 Å². The van der Waals surface area contributed by atoms with Gasteiger partial charge in [0.05, 0.1) is 5.52 Å². The van der Waals surface area contributed by atoms with E-state index in [1.807, 2.05) is 6.07 Å². The standard InChI is InChI=1S/C16H22N4/c1-2-20(11-13-6-5-9-17-10-13)16-14-7-3-4-8-15(14)18-12-19-16/h3-4,7-8,12-13,17H,2,5-6,9-11H2,1H3. The highest BCUT2D eigenvalue weighted by Gasteiger charge is 2.18. The summed E-state index contributed by atoms with van der Waals surface area (Å²) in [5, 5.41) is 4.65. The molecule has 106 valence electrons. The molecular weight excluding hydrogens is 248 g/mol. The Morgan fingerprint density at radius 1 is 1.30 bits per heavy atom. The molecule has 1 atom stereocenters. The first-order chi connectivity index (χ1) is 9.88. The number of hydrogen-bond acceptors (Lipinski definition) is 4. The summed E-state index contributed by atoms with van der Waals surface area (Å²) in [5.41, 5.74) is 1.03. The fourth-order valence-electron chi connectivity index (χ4n) is 3.00. The van der Waals surface area contributed by atoms with Crippen LogP contribution in [-0.2, 0) is 0 Å². The van der Waals surface area contributed by atoms with Gasteiger partial charge >= 0.3 is 0 Å². The summed E-state index contributed by atoms with van der Waals surface area (Å²) in [6, 6.07) is 8.26. The van der Waals surface area contributed by atoms with Crippen molar-refractivity contribution in [3.8, 4) is 0 Å². The lowest BCUT2D eigenvalue weighted by atomic mass is 9.99. The maximum absolute atomic E-state index is 4.54.